The maximum atomic E-state index is 0. The van der Waals surface area contributed by atoms with Crippen LogP contribution >= 0.6 is 9.90 Å². The molecule has 0 rings (SSSR count). The maximum absolute atomic E-state index is 0. The smallest absolute Gasteiger partial charge is 0 e. The Morgan fingerprint density at radius 2 is 0.600 bits per heavy atom. The summed E-state index contributed by atoms with van der Waals surface area (Å²) >= 11 is 0. The quantitative estimate of drug-likeness (QED) is 0.326. The van der Waals surface area contributed by atoms with Crippen LogP contribution in [0, 0.1) is 0 Å². The van der Waals surface area contributed by atoms with E-state index in [4.69, 9.17) is 0 Å². The van der Waals surface area contributed by atoms with Crippen molar-refractivity contribution in [2.45, 2.75) is 0 Å². The molecule has 5 heteroatoms. The molecule has 1 unspecified atom stereocenters. The van der Waals surface area contributed by atoms with E-state index in [0.29, 0.717) is 0 Å². The van der Waals surface area contributed by atoms with Crippen LogP contribution in [0.5, 0.6) is 0 Å². The second-order valence-electron chi connectivity index (χ2n) is 0. The molecule has 1 atom stereocenters. The molecule has 0 aliphatic rings. The molecule has 0 N–H and O–H groups in total. The largest absolute Gasteiger partial charge is 0.153 e. The van der Waals surface area contributed by atoms with E-state index in [-0.39, 0.29) is 174 Å². The standard InChI is InChI=1S/3Ca.K.H3P/h;;;;1H3. The SMILES string of the molecule is P.[Ca].[Ca].[Ca].[K]. The Balaban J connectivity index is 0. The van der Waals surface area contributed by atoms with Gasteiger partial charge in [0, 0.05) is 165 Å². The fourth-order valence-electron chi connectivity index (χ4n) is 0. The zero-order chi connectivity index (χ0) is 0. The van der Waals surface area contributed by atoms with Crippen LogP contribution in [0.4, 0.5) is 0 Å². The first-order chi connectivity index (χ1) is 0. The molecule has 0 aliphatic heterocycles. The molecule has 0 aromatic carbocycles. The minimum Gasteiger partial charge on any atom is -0.153 e. The van der Waals surface area contributed by atoms with Gasteiger partial charge in [-0.2, -0.15) is 9.90 Å². The van der Waals surface area contributed by atoms with Crippen LogP contribution in [0.2, 0.25) is 0 Å². The van der Waals surface area contributed by atoms with E-state index in [2.05, 4.69) is 0 Å². The van der Waals surface area contributed by atoms with Gasteiger partial charge in [-0.25, -0.2) is 0 Å². The fraction of sp³-hybridized carbons (Fsp3) is 0. The van der Waals surface area contributed by atoms with E-state index in [1.165, 1.54) is 0 Å². The Morgan fingerprint density at radius 1 is 0.600 bits per heavy atom. The molecule has 0 amide bonds. The van der Waals surface area contributed by atoms with Gasteiger partial charge in [0.2, 0.25) is 0 Å². The fourth-order valence-corrected chi connectivity index (χ4v) is 0. The predicted octanol–water partition coefficient (Wildman–Crippen LogP) is -1.47. The van der Waals surface area contributed by atoms with Gasteiger partial charge < -0.3 is 0 Å². The molecule has 0 heterocycles. The second kappa shape index (κ2) is 22.5. The van der Waals surface area contributed by atoms with E-state index in [1.54, 1.807) is 0 Å². The van der Waals surface area contributed by atoms with Gasteiger partial charge >= 0.3 is 0 Å². The molecule has 0 saturated heterocycles. The van der Waals surface area contributed by atoms with Crippen molar-refractivity contribution in [1.29, 1.82) is 0 Å². The molecule has 0 aromatic rings. The van der Waals surface area contributed by atoms with E-state index in [9.17, 15) is 0 Å². The van der Waals surface area contributed by atoms with Crippen LogP contribution in [0.1, 0.15) is 0 Å². The van der Waals surface area contributed by atoms with Gasteiger partial charge in [-0.05, 0) is 0 Å². The van der Waals surface area contributed by atoms with Crippen molar-refractivity contribution in [2.24, 2.45) is 0 Å². The molecule has 0 aromatic heterocycles. The summed E-state index contributed by atoms with van der Waals surface area (Å²) in [5.74, 6) is 0. The van der Waals surface area contributed by atoms with Gasteiger partial charge in [0.25, 0.3) is 0 Å². The molecule has 0 saturated carbocycles. The molecule has 0 spiro atoms. The van der Waals surface area contributed by atoms with Gasteiger partial charge in [0.05, 0.1) is 0 Å². The minimum absolute atomic E-state index is 0. The van der Waals surface area contributed by atoms with Crippen molar-refractivity contribution in [1.82, 2.24) is 0 Å². The van der Waals surface area contributed by atoms with Gasteiger partial charge in [0.15, 0.2) is 0 Å². The summed E-state index contributed by atoms with van der Waals surface area (Å²) in [4.78, 5) is 0. The van der Waals surface area contributed by atoms with Crippen molar-refractivity contribution >= 4 is 174 Å². The Bertz CT molecular complexity index is 6.85. The van der Waals surface area contributed by atoms with Gasteiger partial charge in [-0.3, -0.25) is 0 Å². The van der Waals surface area contributed by atoms with Gasteiger partial charge in [0.1, 0.15) is 0 Å². The summed E-state index contributed by atoms with van der Waals surface area (Å²) in [5, 5.41) is 0. The average molecular weight is 193 g/mol. The van der Waals surface area contributed by atoms with Crippen molar-refractivity contribution in [3.8, 4) is 0 Å². The van der Waals surface area contributed by atoms with Crippen molar-refractivity contribution in [3.63, 3.8) is 0 Å². The predicted molar refractivity (Wildman–Crippen MR) is 34.1 cm³/mol. The summed E-state index contributed by atoms with van der Waals surface area (Å²) in [7, 11) is 0. The Hall–Kier alpha value is 5.85. The normalized spacial score (nSPS) is 0. The van der Waals surface area contributed by atoms with E-state index in [1.807, 2.05) is 0 Å². The molecule has 0 nitrogen and oxygen atoms in total. The van der Waals surface area contributed by atoms with E-state index >= 15 is 0 Å². The monoisotopic (exact) mass is 193 g/mol. The molecular weight excluding hydrogens is 190 g/mol. The summed E-state index contributed by atoms with van der Waals surface area (Å²) in [6.45, 7) is 0. The number of rotatable bonds is 0. The first-order valence-corrected chi connectivity index (χ1v) is 0. The Labute approximate surface area is 168 Å². The molecule has 0 bridgehead atoms. The number of hydrogen-bond acceptors (Lipinski definition) is 0. The Kier molecular flexibility index (Phi) is 139. The molecule has 7 radical (unpaired) electrons. The summed E-state index contributed by atoms with van der Waals surface area (Å²) < 4.78 is 0. The molecule has 5 heavy (non-hydrogen) atoms. The first kappa shape index (κ1) is 30.8. The third-order valence-electron chi connectivity index (χ3n) is 0. The molecule has 15 valence electrons. The third-order valence-corrected chi connectivity index (χ3v) is 0. The molecule has 0 fully saturated rings. The molecular formula is H3Ca3KP. The van der Waals surface area contributed by atoms with Crippen molar-refractivity contribution in [2.75, 3.05) is 0 Å². The van der Waals surface area contributed by atoms with Crippen LogP contribution in [0.25, 0.3) is 0 Å². The van der Waals surface area contributed by atoms with Gasteiger partial charge in [-0.15, -0.1) is 0 Å². The zero-order valence-corrected chi connectivity index (χ0v) is 15.0. The van der Waals surface area contributed by atoms with Crippen LogP contribution in [-0.2, 0) is 0 Å². The molecule has 0 aliphatic carbocycles. The van der Waals surface area contributed by atoms with Crippen LogP contribution < -0.4 is 0 Å². The van der Waals surface area contributed by atoms with Crippen LogP contribution in [0.15, 0.2) is 0 Å². The Morgan fingerprint density at radius 3 is 0.600 bits per heavy atom. The van der Waals surface area contributed by atoms with Crippen LogP contribution in [0.3, 0.4) is 0 Å². The van der Waals surface area contributed by atoms with Crippen LogP contribution in [-0.4, -0.2) is 165 Å². The van der Waals surface area contributed by atoms with Crippen molar-refractivity contribution in [3.05, 3.63) is 0 Å². The average Bonchev–Trinajstić information content (AvgIpc) is 0. The van der Waals surface area contributed by atoms with E-state index in [0.717, 1.165) is 0 Å². The summed E-state index contributed by atoms with van der Waals surface area (Å²) in [6, 6.07) is 0. The summed E-state index contributed by atoms with van der Waals surface area (Å²) in [6.07, 6.45) is 0. The first-order valence-electron chi connectivity index (χ1n) is 0. The topological polar surface area (TPSA) is 0 Å². The maximum Gasteiger partial charge on any atom is 0 e. The minimum atomic E-state index is 0. The third kappa shape index (κ3) is 17.7. The second-order valence-corrected chi connectivity index (χ2v) is 0. The van der Waals surface area contributed by atoms with E-state index < -0.39 is 0 Å². The van der Waals surface area contributed by atoms with Gasteiger partial charge in [-0.1, -0.05) is 0 Å². The van der Waals surface area contributed by atoms with Crippen molar-refractivity contribution < 1.29 is 0 Å². The summed E-state index contributed by atoms with van der Waals surface area (Å²) in [5.41, 5.74) is 0. The number of hydrogen-bond donors (Lipinski definition) is 0. The zero-order valence-electron chi connectivity index (χ0n) is 3.83.